The van der Waals surface area contributed by atoms with Gasteiger partial charge in [-0.1, -0.05) is 73.0 Å². The normalized spacial score (nSPS) is 22.4. The number of hydrogen-bond donors (Lipinski definition) is 1. The third-order valence-corrected chi connectivity index (χ3v) is 7.91. The van der Waals surface area contributed by atoms with Crippen LogP contribution in [0.25, 0.3) is 22.2 Å². The number of likely N-dealkylation sites (tertiary alicyclic amines) is 1. The van der Waals surface area contributed by atoms with Gasteiger partial charge < -0.3 is 9.88 Å². The van der Waals surface area contributed by atoms with Gasteiger partial charge in [-0.05, 0) is 42.7 Å². The quantitative estimate of drug-likeness (QED) is 0.396. The first-order valence-corrected chi connectivity index (χ1v) is 12.5. The standard InChI is InChI=1S/C28H30N6/c29-19-33-17-22-11-5-4-10-21(22)16-27(33)28-24(23-12-6-7-13-25(23)30-28)14-15-34-18-26(31-32-34)20-8-2-1-3-9-20/h1-3,6-9,12-13,18,21-22,27,30H,4-5,10-11,14-17H2. The second kappa shape index (κ2) is 8.98. The molecule has 3 atom stereocenters. The molecule has 2 aromatic heterocycles. The molecule has 1 saturated heterocycles. The molecule has 172 valence electrons. The number of H-pyrrole nitrogens is 1. The summed E-state index contributed by atoms with van der Waals surface area (Å²) >= 11 is 0. The monoisotopic (exact) mass is 450 g/mol. The fourth-order valence-corrected chi connectivity index (χ4v) is 6.16. The zero-order valence-corrected chi connectivity index (χ0v) is 19.4. The average Bonchev–Trinajstić information content (AvgIpc) is 3.52. The number of nitrogens with zero attached hydrogens (tertiary/aromatic N) is 5. The van der Waals surface area contributed by atoms with E-state index in [0.717, 1.165) is 48.6 Å². The van der Waals surface area contributed by atoms with Crippen molar-refractivity contribution in [3.63, 3.8) is 0 Å². The Hall–Kier alpha value is -3.59. The Morgan fingerprint density at radius 3 is 2.65 bits per heavy atom. The van der Waals surface area contributed by atoms with Crippen molar-refractivity contribution < 1.29 is 0 Å². The first-order valence-electron chi connectivity index (χ1n) is 12.5. The Morgan fingerprint density at radius 2 is 1.79 bits per heavy atom. The number of rotatable bonds is 5. The molecule has 6 nitrogen and oxygen atoms in total. The van der Waals surface area contributed by atoms with E-state index >= 15 is 0 Å². The third kappa shape index (κ3) is 3.86. The molecule has 6 rings (SSSR count). The molecular weight excluding hydrogens is 420 g/mol. The molecular formula is C28H30N6. The fraction of sp³-hybridized carbons (Fsp3) is 0.393. The summed E-state index contributed by atoms with van der Waals surface area (Å²) in [5, 5.41) is 20.1. The molecule has 0 radical (unpaired) electrons. The molecule has 1 saturated carbocycles. The van der Waals surface area contributed by atoms with Gasteiger partial charge in [0.15, 0.2) is 6.19 Å². The van der Waals surface area contributed by atoms with Gasteiger partial charge >= 0.3 is 0 Å². The molecule has 1 aliphatic carbocycles. The summed E-state index contributed by atoms with van der Waals surface area (Å²) in [4.78, 5) is 5.77. The summed E-state index contributed by atoms with van der Waals surface area (Å²) in [7, 11) is 0. The molecule has 1 N–H and O–H groups in total. The number of aromatic nitrogens is 4. The van der Waals surface area contributed by atoms with E-state index in [9.17, 15) is 5.26 Å². The number of nitrogens with one attached hydrogen (secondary N) is 1. The minimum absolute atomic E-state index is 0.127. The molecule has 0 spiro atoms. The van der Waals surface area contributed by atoms with Crippen LogP contribution in [0.5, 0.6) is 0 Å². The van der Waals surface area contributed by atoms with Gasteiger partial charge in [0.1, 0.15) is 5.69 Å². The number of piperidine rings is 1. The Labute approximate surface area is 200 Å². The molecule has 0 bridgehead atoms. The smallest absolute Gasteiger partial charge is 0.179 e. The molecule has 6 heteroatoms. The molecule has 0 amide bonds. The van der Waals surface area contributed by atoms with E-state index in [0.29, 0.717) is 5.92 Å². The summed E-state index contributed by atoms with van der Waals surface area (Å²) in [6, 6.07) is 18.8. The van der Waals surface area contributed by atoms with Crippen LogP contribution in [0.1, 0.15) is 49.4 Å². The van der Waals surface area contributed by atoms with Crippen LogP contribution in [-0.4, -0.2) is 31.4 Å². The van der Waals surface area contributed by atoms with Gasteiger partial charge in [0.2, 0.25) is 0 Å². The van der Waals surface area contributed by atoms with Crippen molar-refractivity contribution in [3.05, 3.63) is 72.1 Å². The lowest BCUT2D eigenvalue weighted by atomic mass is 9.72. The van der Waals surface area contributed by atoms with Crippen molar-refractivity contribution in [3.8, 4) is 17.5 Å². The lowest BCUT2D eigenvalue weighted by Crippen LogP contribution is -2.41. The van der Waals surface area contributed by atoms with Gasteiger partial charge in [-0.3, -0.25) is 4.68 Å². The van der Waals surface area contributed by atoms with Gasteiger partial charge in [0.25, 0.3) is 0 Å². The Balaban J connectivity index is 1.30. The highest BCUT2D eigenvalue weighted by Gasteiger charge is 2.38. The van der Waals surface area contributed by atoms with Gasteiger partial charge in [0.05, 0.1) is 12.2 Å². The second-order valence-corrected chi connectivity index (χ2v) is 9.85. The fourth-order valence-electron chi connectivity index (χ4n) is 6.16. The van der Waals surface area contributed by atoms with Crippen molar-refractivity contribution >= 4 is 10.9 Å². The van der Waals surface area contributed by atoms with Crippen molar-refractivity contribution in [2.45, 2.75) is 51.1 Å². The number of aromatic amines is 1. The number of hydrogen-bond acceptors (Lipinski definition) is 4. The predicted octanol–water partition coefficient (Wildman–Crippen LogP) is 5.70. The molecule has 4 aromatic rings. The lowest BCUT2D eigenvalue weighted by molar-refractivity contribution is 0.0746. The summed E-state index contributed by atoms with van der Waals surface area (Å²) in [6.07, 6.45) is 11.7. The molecule has 2 aliphatic rings. The maximum Gasteiger partial charge on any atom is 0.179 e. The summed E-state index contributed by atoms with van der Waals surface area (Å²) < 4.78 is 1.94. The first kappa shape index (κ1) is 21.0. The van der Waals surface area contributed by atoms with Crippen LogP contribution in [0.2, 0.25) is 0 Å². The zero-order valence-electron chi connectivity index (χ0n) is 19.4. The van der Waals surface area contributed by atoms with E-state index in [4.69, 9.17) is 0 Å². The minimum Gasteiger partial charge on any atom is -0.356 e. The van der Waals surface area contributed by atoms with Gasteiger partial charge in [-0.2, -0.15) is 5.26 Å². The first-order chi connectivity index (χ1) is 16.8. The highest BCUT2D eigenvalue weighted by molar-refractivity contribution is 5.84. The van der Waals surface area contributed by atoms with E-state index < -0.39 is 0 Å². The van der Waals surface area contributed by atoms with Crippen molar-refractivity contribution in [2.75, 3.05) is 6.54 Å². The maximum absolute atomic E-state index is 10.0. The van der Waals surface area contributed by atoms with Crippen LogP contribution in [0.3, 0.4) is 0 Å². The van der Waals surface area contributed by atoms with Gasteiger partial charge in [0, 0.05) is 35.2 Å². The SMILES string of the molecule is N#CN1CC2CCCCC2CC1c1[nH]c2ccccc2c1CCn1cc(-c2ccccc2)nn1. The topological polar surface area (TPSA) is 73.5 Å². The van der Waals surface area contributed by atoms with E-state index in [1.807, 2.05) is 34.0 Å². The van der Waals surface area contributed by atoms with E-state index in [1.165, 1.54) is 42.3 Å². The summed E-state index contributed by atoms with van der Waals surface area (Å²) in [5.74, 6) is 1.40. The molecule has 1 aliphatic heterocycles. The molecule has 2 aromatic carbocycles. The Bertz CT molecular complexity index is 1310. The molecule has 2 fully saturated rings. The van der Waals surface area contributed by atoms with E-state index in [1.54, 1.807) is 0 Å². The van der Waals surface area contributed by atoms with Gasteiger partial charge in [-0.15, -0.1) is 5.10 Å². The Kier molecular flexibility index (Phi) is 5.54. The van der Waals surface area contributed by atoms with Crippen molar-refractivity contribution in [1.82, 2.24) is 24.9 Å². The lowest BCUT2D eigenvalue weighted by Gasteiger charge is -2.44. The van der Waals surface area contributed by atoms with Crippen molar-refractivity contribution in [2.24, 2.45) is 11.8 Å². The van der Waals surface area contributed by atoms with Crippen LogP contribution in [0.15, 0.2) is 60.8 Å². The van der Waals surface area contributed by atoms with Crippen LogP contribution < -0.4 is 0 Å². The molecule has 3 unspecified atom stereocenters. The number of fused-ring (bicyclic) bond motifs is 2. The van der Waals surface area contributed by atoms with E-state index in [2.05, 4.69) is 57.9 Å². The van der Waals surface area contributed by atoms with Crippen LogP contribution in [0.4, 0.5) is 0 Å². The number of nitriles is 1. The summed E-state index contributed by atoms with van der Waals surface area (Å²) in [5.41, 5.74) is 5.66. The second-order valence-electron chi connectivity index (χ2n) is 9.85. The van der Waals surface area contributed by atoms with Crippen LogP contribution >= 0.6 is 0 Å². The largest absolute Gasteiger partial charge is 0.356 e. The number of para-hydroxylation sites is 1. The Morgan fingerprint density at radius 1 is 1.00 bits per heavy atom. The molecule has 34 heavy (non-hydrogen) atoms. The van der Waals surface area contributed by atoms with E-state index in [-0.39, 0.29) is 6.04 Å². The average molecular weight is 451 g/mol. The highest BCUT2D eigenvalue weighted by Crippen LogP contribution is 2.45. The van der Waals surface area contributed by atoms with Crippen LogP contribution in [-0.2, 0) is 13.0 Å². The summed E-state index contributed by atoms with van der Waals surface area (Å²) in [6.45, 7) is 1.64. The molecule has 3 heterocycles. The van der Waals surface area contributed by atoms with Crippen molar-refractivity contribution in [1.29, 1.82) is 5.26 Å². The van der Waals surface area contributed by atoms with Crippen LogP contribution in [0, 0.1) is 23.3 Å². The maximum atomic E-state index is 10.0. The number of benzene rings is 2. The van der Waals surface area contributed by atoms with Gasteiger partial charge in [-0.25, -0.2) is 0 Å². The zero-order chi connectivity index (χ0) is 22.9. The third-order valence-electron chi connectivity index (χ3n) is 7.91. The highest BCUT2D eigenvalue weighted by atomic mass is 15.4. The minimum atomic E-state index is 0.127. The predicted molar refractivity (Wildman–Crippen MR) is 133 cm³/mol. The number of aryl methyl sites for hydroxylation is 2.